The summed E-state index contributed by atoms with van der Waals surface area (Å²) in [5, 5.41) is -0.923. The molecule has 0 radical (unpaired) electrons. The molecule has 22 heavy (non-hydrogen) atoms. The fourth-order valence-electron chi connectivity index (χ4n) is 2.14. The lowest BCUT2D eigenvalue weighted by atomic mass is 9.85. The van der Waals surface area contributed by atoms with E-state index >= 15 is 0 Å². The van der Waals surface area contributed by atoms with Crippen molar-refractivity contribution in [3.8, 4) is 0 Å². The molecule has 0 saturated heterocycles. The van der Waals surface area contributed by atoms with E-state index in [0.717, 1.165) is 0 Å². The summed E-state index contributed by atoms with van der Waals surface area (Å²) < 4.78 is 156. The summed E-state index contributed by atoms with van der Waals surface area (Å²) in [5.41, 5.74) is -3.46. The summed E-state index contributed by atoms with van der Waals surface area (Å²) in [7, 11) is 0. The molecule has 1 unspecified atom stereocenters. The first-order valence-corrected chi connectivity index (χ1v) is 5.99. The van der Waals surface area contributed by atoms with E-state index in [1.165, 1.54) is 0 Å². The third kappa shape index (κ3) is 1.83. The Labute approximate surface area is 156 Å². The number of carbonyl (C=O) groups is 1. The van der Waals surface area contributed by atoms with Crippen molar-refractivity contribution in [1.29, 1.82) is 0 Å². The van der Waals surface area contributed by atoms with Gasteiger partial charge in [-0.1, -0.05) is 18.1 Å². The SMILES string of the molecule is [2H]c1nc(C([2H])([2H])[2H])n(C([2H])([2H])C2([2H])C(=O)c3c(n(C([2H])([2H])[2H])c4c([2H])c([2H])c([2H])c([2H])c34)C([2H])([2H])C2([2H])[2H])c1[2H]. The fourth-order valence-corrected chi connectivity index (χ4v) is 2.14. The van der Waals surface area contributed by atoms with E-state index < -0.39 is 109 Å². The molecule has 0 bridgehead atoms. The molecule has 4 rings (SSSR count). The van der Waals surface area contributed by atoms with Crippen LogP contribution in [-0.4, -0.2) is 19.9 Å². The van der Waals surface area contributed by atoms with Crippen LogP contribution in [0, 0.1) is 12.7 Å². The van der Waals surface area contributed by atoms with Crippen molar-refractivity contribution in [2.45, 2.75) is 26.1 Å². The molecule has 112 valence electrons. The number of Topliss-reactive ketones (excluding diaryl/α,β-unsaturated/α-hetero) is 1. The van der Waals surface area contributed by atoms with Crippen molar-refractivity contribution in [1.82, 2.24) is 14.1 Å². The number of hydrogen-bond donors (Lipinski definition) is 0. The highest BCUT2D eigenvalue weighted by Crippen LogP contribution is 2.34. The molecule has 4 nitrogen and oxygen atoms in total. The minimum absolute atomic E-state index is 0.0449. The zero-order valence-electron chi connectivity index (χ0n) is 29.7. The minimum Gasteiger partial charge on any atom is -0.347 e. The van der Waals surface area contributed by atoms with Crippen molar-refractivity contribution in [3.05, 3.63) is 53.6 Å². The van der Waals surface area contributed by atoms with Crippen LogP contribution in [0.5, 0.6) is 0 Å². The average molecular weight is 312 g/mol. The number of fused-ring (bicyclic) bond motifs is 3. The van der Waals surface area contributed by atoms with Crippen LogP contribution in [0.3, 0.4) is 0 Å². The second kappa shape index (κ2) is 4.83. The Balaban J connectivity index is 2.29. The summed E-state index contributed by atoms with van der Waals surface area (Å²) in [6.07, 6.45) is -10.3. The number of aryl methyl sites for hydroxylation is 2. The predicted octanol–water partition coefficient (Wildman–Crippen LogP) is 3.13. The van der Waals surface area contributed by atoms with Gasteiger partial charge in [0.05, 0.1) is 11.0 Å². The Hall–Kier alpha value is -2.36. The maximum atomic E-state index is 14.2. The Morgan fingerprint density at radius 2 is 2.50 bits per heavy atom. The zero-order chi connectivity index (χ0) is 31.8. The number of rotatable bonds is 2. The third-order valence-corrected chi connectivity index (χ3v) is 3.12. The summed E-state index contributed by atoms with van der Waals surface area (Å²) in [5.74, 6) is -7.42. The summed E-state index contributed by atoms with van der Waals surface area (Å²) in [6, 6.07) is -4.08. The highest BCUT2D eigenvalue weighted by atomic mass is 16.1. The molecule has 2 aromatic heterocycles. The highest BCUT2D eigenvalue weighted by Gasteiger charge is 2.32. The quantitative estimate of drug-likeness (QED) is 0.729. The molecule has 0 amide bonds. The monoisotopic (exact) mass is 312 g/mol. The summed E-state index contributed by atoms with van der Waals surface area (Å²) in [6.45, 7) is -10.9. The lowest BCUT2D eigenvalue weighted by molar-refractivity contribution is 0.0888. The second-order valence-corrected chi connectivity index (χ2v) is 4.34. The number of ketones is 1. The Bertz CT molecular complexity index is 1640. The van der Waals surface area contributed by atoms with Crippen LogP contribution in [0.15, 0.2) is 36.5 Å². The fraction of sp³-hybridized carbons (Fsp3) is 0.333. The topological polar surface area (TPSA) is 39.8 Å². The number of nitrogens with zero attached hydrogens (tertiary/aromatic N) is 3. The molecular weight excluding hydrogens is 274 g/mol. The Kier molecular flexibility index (Phi) is 0.865. The normalized spacial score (nSPS) is 40.2. The lowest BCUT2D eigenvalue weighted by Crippen LogP contribution is -2.27. The second-order valence-electron chi connectivity index (χ2n) is 4.34. The first-order valence-electron chi connectivity index (χ1n) is 15.5. The third-order valence-electron chi connectivity index (χ3n) is 3.12. The number of para-hydroxylation sites is 1. The van der Waals surface area contributed by atoms with Gasteiger partial charge in [0.15, 0.2) is 5.78 Å². The van der Waals surface area contributed by atoms with E-state index in [-0.39, 0.29) is 9.13 Å². The molecule has 1 atom stereocenters. The number of benzene rings is 1. The number of carbonyl (C=O) groups excluding carboxylic acids is 1. The number of hydrogen-bond acceptors (Lipinski definition) is 2. The van der Waals surface area contributed by atoms with Gasteiger partial charge < -0.3 is 9.13 Å². The van der Waals surface area contributed by atoms with Crippen molar-refractivity contribution in [3.63, 3.8) is 0 Å². The molecule has 1 aliphatic rings. The lowest BCUT2D eigenvalue weighted by Gasteiger charge is -2.23. The Morgan fingerprint density at radius 1 is 1.59 bits per heavy atom. The molecule has 3 aromatic rings. The number of aromatic nitrogens is 3. The van der Waals surface area contributed by atoms with Crippen molar-refractivity contribution in [2.75, 3.05) is 0 Å². The molecule has 4 heteroatoms. The van der Waals surface area contributed by atoms with E-state index in [1.807, 2.05) is 0 Å². The average Bonchev–Trinajstić information content (AvgIpc) is 3.35. The van der Waals surface area contributed by atoms with Crippen molar-refractivity contribution < 1.29 is 30.8 Å². The van der Waals surface area contributed by atoms with Gasteiger partial charge in [-0.2, -0.15) is 0 Å². The van der Waals surface area contributed by atoms with Gasteiger partial charge in [0, 0.05) is 69.0 Å². The molecule has 0 N–H and O–H groups in total. The molecular formula is C18H19N3O. The maximum absolute atomic E-state index is 14.2. The van der Waals surface area contributed by atoms with Crippen LogP contribution in [0.1, 0.15) is 54.3 Å². The van der Waals surface area contributed by atoms with Crippen LogP contribution < -0.4 is 0 Å². The van der Waals surface area contributed by atoms with Crippen molar-refractivity contribution >= 4 is 16.7 Å². The van der Waals surface area contributed by atoms with E-state index in [0.29, 0.717) is 0 Å². The zero-order valence-corrected chi connectivity index (χ0v) is 10.7. The van der Waals surface area contributed by atoms with Crippen LogP contribution >= 0.6 is 0 Å². The van der Waals surface area contributed by atoms with Gasteiger partial charge >= 0.3 is 0 Å². The van der Waals surface area contributed by atoms with Gasteiger partial charge in [-0.15, -0.1) is 0 Å². The van der Waals surface area contributed by atoms with Gasteiger partial charge in [-0.3, -0.25) is 4.79 Å². The largest absolute Gasteiger partial charge is 0.347 e. The molecule has 0 saturated carbocycles. The number of imidazole rings is 1. The van der Waals surface area contributed by atoms with Crippen LogP contribution in [0.4, 0.5) is 0 Å². The molecule has 0 spiro atoms. The summed E-state index contributed by atoms with van der Waals surface area (Å²) in [4.78, 5) is 17.5. The highest BCUT2D eigenvalue weighted by molar-refractivity contribution is 6.11. The van der Waals surface area contributed by atoms with Crippen LogP contribution in [0.25, 0.3) is 10.9 Å². The predicted molar refractivity (Wildman–Crippen MR) is 86.0 cm³/mol. The molecule has 0 fully saturated rings. The maximum Gasteiger partial charge on any atom is 0.170 e. The molecule has 1 aliphatic carbocycles. The smallest absolute Gasteiger partial charge is 0.170 e. The van der Waals surface area contributed by atoms with Gasteiger partial charge in [-0.25, -0.2) is 4.98 Å². The molecule has 1 aromatic carbocycles. The first kappa shape index (κ1) is 3.94. The van der Waals surface area contributed by atoms with Crippen molar-refractivity contribution in [2.24, 2.45) is 12.9 Å². The first-order chi connectivity index (χ1) is 18.2. The van der Waals surface area contributed by atoms with E-state index in [9.17, 15) is 4.79 Å². The molecule has 2 heterocycles. The van der Waals surface area contributed by atoms with Crippen LogP contribution in [0.2, 0.25) is 0 Å². The standard InChI is InChI=1S/C18H19N3O/c1-12-19-9-10-21(12)11-13-7-8-16-17(18(13)22)14-5-3-4-6-15(14)20(16)2/h3-6,9-10,13H,7-8,11H2,1-2H3/i1D3,2D3,3D,4D,5D,6D,7D2,8D2,9D,10D,11D2,13D. The van der Waals surface area contributed by atoms with Gasteiger partial charge in [0.25, 0.3) is 0 Å². The van der Waals surface area contributed by atoms with E-state index in [1.54, 1.807) is 0 Å². The van der Waals surface area contributed by atoms with Gasteiger partial charge in [0.1, 0.15) is 5.82 Å². The van der Waals surface area contributed by atoms with E-state index in [4.69, 9.17) is 26.0 Å². The van der Waals surface area contributed by atoms with E-state index in [2.05, 4.69) is 4.98 Å². The van der Waals surface area contributed by atoms with Gasteiger partial charge in [-0.05, 0) is 25.6 Å². The minimum atomic E-state index is -4.09. The summed E-state index contributed by atoms with van der Waals surface area (Å²) >= 11 is 0. The molecule has 0 aliphatic heterocycles. The van der Waals surface area contributed by atoms with Gasteiger partial charge in [0.2, 0.25) is 0 Å². The van der Waals surface area contributed by atoms with Crippen LogP contribution in [-0.2, 0) is 19.8 Å². The Morgan fingerprint density at radius 3 is 3.36 bits per heavy atom.